The highest BCUT2D eigenvalue weighted by atomic mass is 19.4. The second kappa shape index (κ2) is 17.1. The van der Waals surface area contributed by atoms with Crippen LogP contribution in [0.4, 0.5) is 145 Å². The van der Waals surface area contributed by atoms with E-state index >= 15 is 8.78 Å². The molecule has 0 aliphatic rings. The van der Waals surface area contributed by atoms with Crippen molar-refractivity contribution in [3.05, 3.63) is 0 Å². The highest BCUT2D eigenvalue weighted by molar-refractivity contribution is 5.68. The predicted molar refractivity (Wildman–Crippen MR) is 142 cm³/mol. The fourth-order valence-electron chi connectivity index (χ4n) is 5.22. The maximum Gasteiger partial charge on any atom is 0.460 e. The Labute approximate surface area is 345 Å². The highest BCUT2D eigenvalue weighted by Crippen LogP contribution is 2.70. The largest absolute Gasteiger partial charge is 0.477 e. The van der Waals surface area contributed by atoms with Crippen LogP contribution in [0.3, 0.4) is 0 Å². The van der Waals surface area contributed by atoms with Crippen molar-refractivity contribution in [3.63, 3.8) is 0 Å². The summed E-state index contributed by atoms with van der Waals surface area (Å²) in [7, 11) is 0.828. The number of nitrogens with zero attached hydrogens (tertiary/aromatic N) is 1. The van der Waals surface area contributed by atoms with Gasteiger partial charge in [-0.25, -0.2) is 4.79 Å². The molecular weight excluding hydrogens is 1060 g/mol. The summed E-state index contributed by atoms with van der Waals surface area (Å²) in [6.07, 6.45) is -12.2. The molecule has 0 radical (unpaired) electrons. The third-order valence-electron chi connectivity index (χ3n) is 9.27. The molecule has 0 spiro atoms. The fourth-order valence-corrected chi connectivity index (χ4v) is 5.22. The van der Waals surface area contributed by atoms with Gasteiger partial charge in [-0.05, 0) is 0 Å². The first-order valence-corrected chi connectivity index (χ1v) is 15.8. The van der Waals surface area contributed by atoms with E-state index in [0.29, 0.717) is 14.1 Å². The normalized spacial score (nSPS) is 17.6. The van der Waals surface area contributed by atoms with Crippen LogP contribution in [0.2, 0.25) is 0 Å². The van der Waals surface area contributed by atoms with Crippen LogP contribution in [0.5, 0.6) is 0 Å². The molecular formula is C27H21F33NO6+. The average Bonchev–Trinajstić information content (AvgIpc) is 3.09. The van der Waals surface area contributed by atoms with Crippen LogP contribution in [-0.2, 0) is 14.3 Å². The fraction of sp³-hybridized carbons (Fsp3) is 0.926. The minimum absolute atomic E-state index is 0.0182. The Balaban J connectivity index is 8.03. The third-order valence-corrected chi connectivity index (χ3v) is 9.27. The molecule has 0 aromatic rings. The summed E-state index contributed by atoms with van der Waals surface area (Å²) in [4.78, 5) is 22.7. The van der Waals surface area contributed by atoms with Crippen LogP contribution < -0.4 is 0 Å². The molecule has 3 unspecified atom stereocenters. The number of aliphatic carboxylic acids is 1. The van der Waals surface area contributed by atoms with Crippen molar-refractivity contribution in [1.82, 2.24) is 0 Å². The van der Waals surface area contributed by atoms with Crippen LogP contribution in [-0.4, -0.2) is 173 Å². The number of alkyl halides is 33. The number of esters is 1. The van der Waals surface area contributed by atoms with E-state index < -0.39 is 149 Å². The molecule has 0 aromatic heterocycles. The Morgan fingerprint density at radius 3 is 0.821 bits per heavy atom. The minimum Gasteiger partial charge on any atom is -0.477 e. The van der Waals surface area contributed by atoms with Crippen LogP contribution in [0, 0.1) is 5.92 Å². The molecule has 3 N–H and O–H groups in total. The van der Waals surface area contributed by atoms with Crippen molar-refractivity contribution in [1.29, 1.82) is 0 Å². The number of aliphatic hydroxyl groups excluding tert-OH is 2. The molecule has 400 valence electrons. The third kappa shape index (κ3) is 8.46. The zero-order valence-electron chi connectivity index (χ0n) is 31.3. The van der Waals surface area contributed by atoms with Gasteiger partial charge in [-0.3, -0.25) is 4.79 Å². The van der Waals surface area contributed by atoms with Gasteiger partial charge in [0.25, 0.3) is 0 Å². The molecule has 40 heteroatoms. The van der Waals surface area contributed by atoms with Crippen LogP contribution in [0.15, 0.2) is 0 Å². The number of aliphatic hydroxyl groups is 2. The van der Waals surface area contributed by atoms with Gasteiger partial charge >= 0.3 is 107 Å². The predicted octanol–water partition coefficient (Wildman–Crippen LogP) is 9.14. The molecule has 0 fully saturated rings. The monoisotopic (exact) mass is 1080 g/mol. The van der Waals surface area contributed by atoms with Crippen molar-refractivity contribution in [2.24, 2.45) is 5.92 Å². The Bertz CT molecular complexity index is 1790. The summed E-state index contributed by atoms with van der Waals surface area (Å²) in [6.45, 7) is -6.76. The maximum absolute atomic E-state index is 15.3. The number of carbonyl (C=O) groups is 2. The molecule has 7 nitrogen and oxygen atoms in total. The maximum atomic E-state index is 15.3. The highest BCUT2D eigenvalue weighted by Gasteiger charge is 3.02. The summed E-state index contributed by atoms with van der Waals surface area (Å²) >= 11 is 0. The first kappa shape index (κ1) is 63.5. The van der Waals surface area contributed by atoms with Gasteiger partial charge in [0, 0.05) is 6.92 Å². The van der Waals surface area contributed by atoms with Gasteiger partial charge < -0.3 is 24.5 Å². The molecule has 67 heavy (non-hydrogen) atoms. The van der Waals surface area contributed by atoms with E-state index in [-0.39, 0.29) is 6.92 Å². The van der Waals surface area contributed by atoms with Crippen molar-refractivity contribution < 1.29 is 179 Å². The number of carboxylic acid groups (broad SMARTS) is 1. The molecule has 0 aliphatic carbocycles. The van der Waals surface area contributed by atoms with Gasteiger partial charge in [0.1, 0.15) is 0 Å². The Morgan fingerprint density at radius 2 is 0.642 bits per heavy atom. The summed E-state index contributed by atoms with van der Waals surface area (Å²) in [5, 5.41) is 27.9. The van der Waals surface area contributed by atoms with Gasteiger partial charge in [-0.1, -0.05) is 0 Å². The lowest BCUT2D eigenvalue weighted by Gasteiger charge is -2.47. The second-order valence-electron chi connectivity index (χ2n) is 14.1. The zero-order valence-corrected chi connectivity index (χ0v) is 31.3. The standard InChI is InChI=1S/C27H20F33NO6/c1-7(64)67-11(9(6-63)61(2,3)4-10(65)66)8(5-62)12(28,29)13(30,31)14(32,33)15(34,35)16(36,37)17(38,39)18(40,41)19(42,43)20(44,45)21(46,47)22(48,49)23(50,51)24(52,53)25(54,55)26(56,57)27(58,59)60/h8-9,11,62-63H,4-6H2,1-3H3/p+1. The molecule has 0 heterocycles. The Hall–Kier alpha value is -3.49. The van der Waals surface area contributed by atoms with Crippen molar-refractivity contribution in [3.8, 4) is 0 Å². The van der Waals surface area contributed by atoms with E-state index in [0.717, 1.165) is 0 Å². The number of ether oxygens (including phenoxy) is 1. The van der Waals surface area contributed by atoms with Gasteiger partial charge in [0.2, 0.25) is 0 Å². The molecule has 3 atom stereocenters. The lowest BCUT2D eigenvalue weighted by Crippen LogP contribution is -2.80. The SMILES string of the molecule is CC(=O)OC(C(CO)C(F)(F)C(F)(F)C(F)(F)C(F)(F)C(F)(F)C(F)(F)C(F)(F)C(F)(F)C(F)(F)C(F)(F)C(F)(F)C(F)(F)C(F)(F)C(F)(F)C(F)(F)C(F)(F)F)C(CO)[N+](C)(C)CC(=O)O. The van der Waals surface area contributed by atoms with E-state index in [1.165, 1.54) is 0 Å². The molecule has 0 amide bonds. The van der Waals surface area contributed by atoms with Gasteiger partial charge in [0.05, 0.1) is 33.2 Å². The van der Waals surface area contributed by atoms with Gasteiger partial charge in [0.15, 0.2) is 18.7 Å². The molecule has 0 bridgehead atoms. The van der Waals surface area contributed by atoms with Crippen LogP contribution in [0.1, 0.15) is 6.92 Å². The van der Waals surface area contributed by atoms with Crippen molar-refractivity contribution >= 4 is 11.9 Å². The topological polar surface area (TPSA) is 104 Å². The Kier molecular flexibility index (Phi) is 16.2. The number of hydrogen-bond acceptors (Lipinski definition) is 5. The summed E-state index contributed by atoms with van der Waals surface area (Å²) in [6, 6.07) is -2.88. The van der Waals surface area contributed by atoms with Crippen LogP contribution >= 0.6 is 0 Å². The summed E-state index contributed by atoms with van der Waals surface area (Å²) < 4.78 is 464. The number of carbonyl (C=O) groups excluding carboxylic acids is 1. The molecule has 0 aromatic carbocycles. The number of quaternary nitrogens is 1. The second-order valence-corrected chi connectivity index (χ2v) is 14.1. The summed E-state index contributed by atoms with van der Waals surface area (Å²) in [5.41, 5.74) is 0. The zero-order chi connectivity index (χ0) is 55.2. The number of rotatable bonds is 23. The van der Waals surface area contributed by atoms with Crippen molar-refractivity contribution in [2.45, 2.75) is 114 Å². The number of hydrogen-bond donors (Lipinski definition) is 3. The quantitative estimate of drug-likeness (QED) is 0.0537. The minimum atomic E-state index is -10.3. The number of carboxylic acids is 1. The first-order chi connectivity index (χ1) is 28.6. The molecule has 0 rings (SSSR count). The van der Waals surface area contributed by atoms with E-state index in [2.05, 4.69) is 4.74 Å². The number of halogens is 33. The van der Waals surface area contributed by atoms with Crippen molar-refractivity contribution in [2.75, 3.05) is 33.9 Å². The Morgan fingerprint density at radius 1 is 0.418 bits per heavy atom. The van der Waals surface area contributed by atoms with E-state index in [1.807, 2.05) is 0 Å². The first-order valence-electron chi connectivity index (χ1n) is 15.8. The van der Waals surface area contributed by atoms with Gasteiger partial charge in [-0.15, -0.1) is 0 Å². The van der Waals surface area contributed by atoms with Gasteiger partial charge in [-0.2, -0.15) is 145 Å². The lowest BCUT2D eigenvalue weighted by atomic mass is 9.80. The van der Waals surface area contributed by atoms with E-state index in [4.69, 9.17) is 5.11 Å². The molecule has 0 saturated heterocycles. The average molecular weight is 1080 g/mol. The van der Waals surface area contributed by atoms with E-state index in [1.54, 1.807) is 0 Å². The van der Waals surface area contributed by atoms with E-state index in [9.17, 15) is 156 Å². The molecule has 0 saturated carbocycles. The summed E-state index contributed by atoms with van der Waals surface area (Å²) in [5.74, 6) is -155. The number of likely N-dealkylation sites (N-methyl/N-ethyl adjacent to an activating group) is 1. The molecule has 0 aliphatic heterocycles. The smallest absolute Gasteiger partial charge is 0.460 e. The van der Waals surface area contributed by atoms with Crippen LogP contribution in [0.25, 0.3) is 0 Å². The lowest BCUT2D eigenvalue weighted by molar-refractivity contribution is -0.912.